The van der Waals surface area contributed by atoms with Crippen LogP contribution < -0.4 is 5.56 Å². The van der Waals surface area contributed by atoms with E-state index in [1.807, 2.05) is 13.0 Å². The molecular weight excluding hydrogens is 419 g/mol. The molecule has 33 heavy (non-hydrogen) atoms. The zero-order valence-corrected chi connectivity index (χ0v) is 18.9. The maximum atomic E-state index is 13.4. The predicted octanol–water partition coefficient (Wildman–Crippen LogP) is 3.89. The molecule has 4 aromatic rings. The van der Waals surface area contributed by atoms with E-state index >= 15 is 0 Å². The molecule has 2 aromatic carbocycles. The molecular formula is C25H27FN6O. The molecule has 5 rings (SSSR count). The van der Waals surface area contributed by atoms with Crippen molar-refractivity contribution in [3.05, 3.63) is 86.7 Å². The number of halogens is 1. The van der Waals surface area contributed by atoms with Gasteiger partial charge in [-0.25, -0.2) is 9.07 Å². The summed E-state index contributed by atoms with van der Waals surface area (Å²) in [7, 11) is 0. The molecule has 8 heteroatoms. The first-order valence-corrected chi connectivity index (χ1v) is 11.4. The third kappa shape index (κ3) is 4.30. The van der Waals surface area contributed by atoms with Gasteiger partial charge in [0.2, 0.25) is 0 Å². The number of aromatic nitrogens is 5. The lowest BCUT2D eigenvalue weighted by Crippen LogP contribution is -2.38. The highest BCUT2D eigenvalue weighted by Gasteiger charge is 2.31. The van der Waals surface area contributed by atoms with Gasteiger partial charge in [-0.15, -0.1) is 5.10 Å². The average Bonchev–Trinajstić information content (AvgIpc) is 3.25. The second kappa shape index (κ2) is 8.86. The Balaban J connectivity index is 1.63. The summed E-state index contributed by atoms with van der Waals surface area (Å²) >= 11 is 0. The molecule has 0 saturated carbocycles. The smallest absolute Gasteiger partial charge is 0.253 e. The normalized spacial score (nSPS) is 15.7. The first-order valence-electron chi connectivity index (χ1n) is 11.4. The van der Waals surface area contributed by atoms with Gasteiger partial charge >= 0.3 is 0 Å². The number of likely N-dealkylation sites (tertiary alicyclic amines) is 1. The molecule has 0 unspecified atom stereocenters. The van der Waals surface area contributed by atoms with E-state index in [-0.39, 0.29) is 17.4 Å². The molecule has 3 heterocycles. The van der Waals surface area contributed by atoms with Crippen LogP contribution >= 0.6 is 0 Å². The highest BCUT2D eigenvalue weighted by molar-refractivity contribution is 5.83. The lowest BCUT2D eigenvalue weighted by Gasteiger charge is -2.33. The molecule has 0 spiro atoms. The number of hydrogen-bond acceptors (Lipinski definition) is 5. The highest BCUT2D eigenvalue weighted by Crippen LogP contribution is 2.30. The van der Waals surface area contributed by atoms with Crippen molar-refractivity contribution in [1.29, 1.82) is 0 Å². The maximum absolute atomic E-state index is 13.4. The summed E-state index contributed by atoms with van der Waals surface area (Å²) in [5, 5.41) is 13.5. The van der Waals surface area contributed by atoms with Gasteiger partial charge < -0.3 is 4.98 Å². The number of fused-ring (bicyclic) bond motifs is 1. The Kier molecular flexibility index (Phi) is 5.76. The number of nitrogens with one attached hydrogen (secondary N) is 1. The van der Waals surface area contributed by atoms with Gasteiger partial charge in [0.15, 0.2) is 5.82 Å². The van der Waals surface area contributed by atoms with Crippen LogP contribution in [0.15, 0.2) is 47.3 Å². The van der Waals surface area contributed by atoms with E-state index in [2.05, 4.69) is 44.5 Å². The number of tetrazole rings is 1. The lowest BCUT2D eigenvalue weighted by molar-refractivity contribution is 0.177. The fraction of sp³-hybridized carbons (Fsp3) is 0.360. The molecule has 1 aliphatic rings. The van der Waals surface area contributed by atoms with Crippen LogP contribution in [-0.4, -0.2) is 43.2 Å². The average molecular weight is 447 g/mol. The van der Waals surface area contributed by atoms with Crippen LogP contribution in [0.3, 0.4) is 0 Å². The zero-order valence-electron chi connectivity index (χ0n) is 18.9. The van der Waals surface area contributed by atoms with E-state index in [4.69, 9.17) is 0 Å². The van der Waals surface area contributed by atoms with Crippen molar-refractivity contribution in [1.82, 2.24) is 30.1 Å². The van der Waals surface area contributed by atoms with Crippen molar-refractivity contribution < 1.29 is 4.39 Å². The van der Waals surface area contributed by atoms with Crippen molar-refractivity contribution >= 4 is 10.9 Å². The number of piperidine rings is 1. The standard InChI is InChI=1S/C25H27FN6O/c1-16-12-17(2)22-19(13-16)14-21(25(33)27-22)23(31-10-4-3-5-11-31)24-28-29-30-32(24)15-18-6-8-20(26)9-7-18/h6-9,12-14,23H,3-5,10-11,15H2,1-2H3,(H,27,33)/t23-/m1/s1. The lowest BCUT2D eigenvalue weighted by atomic mass is 9.99. The van der Waals surface area contributed by atoms with Gasteiger partial charge in [-0.05, 0) is 91.0 Å². The Morgan fingerprint density at radius 3 is 2.58 bits per heavy atom. The number of hydrogen-bond donors (Lipinski definition) is 1. The largest absolute Gasteiger partial charge is 0.321 e. The molecule has 1 fully saturated rings. The van der Waals surface area contributed by atoms with Crippen molar-refractivity contribution in [3.63, 3.8) is 0 Å². The Hall–Kier alpha value is -3.39. The van der Waals surface area contributed by atoms with Crippen molar-refractivity contribution in [2.45, 2.75) is 45.7 Å². The van der Waals surface area contributed by atoms with Gasteiger partial charge in [0.05, 0.1) is 12.1 Å². The first kappa shape index (κ1) is 21.5. The van der Waals surface area contributed by atoms with Crippen molar-refractivity contribution in [3.8, 4) is 0 Å². The number of pyridine rings is 1. The summed E-state index contributed by atoms with van der Waals surface area (Å²) in [5.74, 6) is 0.339. The minimum Gasteiger partial charge on any atom is -0.321 e. The number of benzene rings is 2. The number of H-pyrrole nitrogens is 1. The summed E-state index contributed by atoms with van der Waals surface area (Å²) in [4.78, 5) is 18.8. The quantitative estimate of drug-likeness (QED) is 0.503. The topological polar surface area (TPSA) is 79.7 Å². The maximum Gasteiger partial charge on any atom is 0.253 e. The zero-order chi connectivity index (χ0) is 22.9. The number of aryl methyl sites for hydroxylation is 2. The monoisotopic (exact) mass is 446 g/mol. The van der Waals surface area contributed by atoms with E-state index < -0.39 is 0 Å². The molecule has 1 atom stereocenters. The number of rotatable bonds is 5. The van der Waals surface area contributed by atoms with Gasteiger partial charge in [-0.3, -0.25) is 9.69 Å². The van der Waals surface area contributed by atoms with Crippen LogP contribution in [0, 0.1) is 19.7 Å². The Morgan fingerprint density at radius 1 is 1.06 bits per heavy atom. The molecule has 0 amide bonds. The van der Waals surface area contributed by atoms with Crippen LogP contribution in [0.2, 0.25) is 0 Å². The van der Waals surface area contributed by atoms with Crippen LogP contribution in [0.5, 0.6) is 0 Å². The molecule has 1 N–H and O–H groups in total. The highest BCUT2D eigenvalue weighted by atomic mass is 19.1. The van der Waals surface area contributed by atoms with Gasteiger partial charge in [0.1, 0.15) is 11.9 Å². The minimum absolute atomic E-state index is 0.124. The van der Waals surface area contributed by atoms with Crippen molar-refractivity contribution in [2.24, 2.45) is 0 Å². The Morgan fingerprint density at radius 2 is 1.82 bits per heavy atom. The molecule has 0 aliphatic carbocycles. The van der Waals surface area contributed by atoms with Gasteiger partial charge in [-0.1, -0.05) is 30.2 Å². The predicted molar refractivity (Wildman–Crippen MR) is 125 cm³/mol. The summed E-state index contributed by atoms with van der Waals surface area (Å²) in [6.45, 7) is 6.21. The van der Waals surface area contributed by atoms with E-state index in [0.29, 0.717) is 17.9 Å². The summed E-state index contributed by atoms with van der Waals surface area (Å²) < 4.78 is 15.1. The third-order valence-electron chi connectivity index (χ3n) is 6.42. The summed E-state index contributed by atoms with van der Waals surface area (Å²) in [6.07, 6.45) is 3.32. The first-order chi connectivity index (χ1) is 16.0. The van der Waals surface area contributed by atoms with Crippen LogP contribution in [-0.2, 0) is 6.54 Å². The minimum atomic E-state index is -0.366. The molecule has 0 bridgehead atoms. The molecule has 2 aromatic heterocycles. The molecule has 1 saturated heterocycles. The summed E-state index contributed by atoms with van der Waals surface area (Å²) in [6, 6.07) is 12.1. The second-order valence-electron chi connectivity index (χ2n) is 8.92. The van der Waals surface area contributed by atoms with E-state index in [0.717, 1.165) is 53.5 Å². The van der Waals surface area contributed by atoms with Gasteiger partial charge in [0, 0.05) is 5.56 Å². The number of aromatic amines is 1. The van der Waals surface area contributed by atoms with E-state index in [1.165, 1.54) is 18.6 Å². The van der Waals surface area contributed by atoms with Crippen LogP contribution in [0.4, 0.5) is 4.39 Å². The fourth-order valence-electron chi connectivity index (χ4n) is 4.87. The SMILES string of the molecule is Cc1cc(C)c2[nH]c(=O)c([C@H](c3nnnn3Cc3ccc(F)cc3)N3CCCCC3)cc2c1. The fourth-order valence-corrected chi connectivity index (χ4v) is 4.87. The molecule has 0 radical (unpaired) electrons. The van der Waals surface area contributed by atoms with E-state index in [1.54, 1.807) is 16.8 Å². The molecule has 1 aliphatic heterocycles. The Labute approximate surface area is 191 Å². The summed E-state index contributed by atoms with van der Waals surface area (Å²) in [5.41, 5.74) is 4.46. The van der Waals surface area contributed by atoms with Crippen LogP contribution in [0.1, 0.15) is 53.4 Å². The number of nitrogens with zero attached hydrogens (tertiary/aromatic N) is 5. The van der Waals surface area contributed by atoms with Crippen LogP contribution in [0.25, 0.3) is 10.9 Å². The second-order valence-corrected chi connectivity index (χ2v) is 8.92. The van der Waals surface area contributed by atoms with Crippen molar-refractivity contribution in [2.75, 3.05) is 13.1 Å². The molecule has 170 valence electrons. The Bertz CT molecular complexity index is 1340. The van der Waals surface area contributed by atoms with Gasteiger partial charge in [0.25, 0.3) is 5.56 Å². The van der Waals surface area contributed by atoms with E-state index in [9.17, 15) is 9.18 Å². The van der Waals surface area contributed by atoms with Gasteiger partial charge in [-0.2, -0.15) is 0 Å². The third-order valence-corrected chi connectivity index (χ3v) is 6.42. The molecule has 7 nitrogen and oxygen atoms in total.